The molecule has 0 radical (unpaired) electrons. The molecule has 0 aromatic heterocycles. The number of piperazine rings is 1. The molecule has 1 amide bonds. The number of benzene rings is 1. The van der Waals surface area contributed by atoms with Gasteiger partial charge in [0.2, 0.25) is 0 Å². The SMILES string of the molecule is Cc1c(F)cc(C(=O)N2CCNCC2)cc1Br. The highest BCUT2D eigenvalue weighted by molar-refractivity contribution is 9.10. The maximum atomic E-state index is 13.6. The van der Waals surface area contributed by atoms with Crippen LogP contribution in [-0.2, 0) is 0 Å². The zero-order valence-electron chi connectivity index (χ0n) is 9.59. The fraction of sp³-hybridized carbons (Fsp3) is 0.417. The van der Waals surface area contributed by atoms with Gasteiger partial charge in [0.15, 0.2) is 0 Å². The zero-order valence-corrected chi connectivity index (χ0v) is 11.2. The van der Waals surface area contributed by atoms with Crippen LogP contribution in [0.1, 0.15) is 15.9 Å². The molecule has 1 N–H and O–H groups in total. The first-order chi connectivity index (χ1) is 8.09. The number of nitrogens with zero attached hydrogens (tertiary/aromatic N) is 1. The number of carbonyl (C=O) groups is 1. The van der Waals surface area contributed by atoms with Gasteiger partial charge in [0, 0.05) is 36.2 Å². The summed E-state index contributed by atoms with van der Waals surface area (Å²) in [4.78, 5) is 13.9. The average Bonchev–Trinajstić information content (AvgIpc) is 2.35. The molecule has 1 saturated heterocycles. The minimum atomic E-state index is -0.349. The number of hydrogen-bond acceptors (Lipinski definition) is 2. The molecule has 0 aliphatic carbocycles. The van der Waals surface area contributed by atoms with E-state index in [9.17, 15) is 9.18 Å². The Morgan fingerprint density at radius 2 is 2.06 bits per heavy atom. The van der Waals surface area contributed by atoms with Crippen molar-refractivity contribution in [2.24, 2.45) is 0 Å². The number of rotatable bonds is 1. The normalized spacial score (nSPS) is 16.1. The second-order valence-electron chi connectivity index (χ2n) is 4.11. The maximum absolute atomic E-state index is 13.6. The topological polar surface area (TPSA) is 32.3 Å². The van der Waals surface area contributed by atoms with Gasteiger partial charge < -0.3 is 10.2 Å². The monoisotopic (exact) mass is 300 g/mol. The molecule has 0 atom stereocenters. The molecule has 0 bridgehead atoms. The Morgan fingerprint density at radius 1 is 1.41 bits per heavy atom. The molecule has 0 saturated carbocycles. The first kappa shape index (κ1) is 12.5. The lowest BCUT2D eigenvalue weighted by Crippen LogP contribution is -2.46. The Kier molecular flexibility index (Phi) is 3.79. The van der Waals surface area contributed by atoms with E-state index in [4.69, 9.17) is 0 Å². The fourth-order valence-electron chi connectivity index (χ4n) is 1.82. The van der Waals surface area contributed by atoms with Gasteiger partial charge in [-0.3, -0.25) is 4.79 Å². The van der Waals surface area contributed by atoms with E-state index < -0.39 is 0 Å². The van der Waals surface area contributed by atoms with Crippen LogP contribution in [0.4, 0.5) is 4.39 Å². The molecule has 1 fully saturated rings. The highest BCUT2D eigenvalue weighted by Gasteiger charge is 2.19. The van der Waals surface area contributed by atoms with Crippen molar-refractivity contribution in [3.8, 4) is 0 Å². The smallest absolute Gasteiger partial charge is 0.254 e. The van der Waals surface area contributed by atoms with E-state index in [0.717, 1.165) is 13.1 Å². The lowest BCUT2D eigenvalue weighted by atomic mass is 10.1. The molecule has 1 aliphatic rings. The van der Waals surface area contributed by atoms with Gasteiger partial charge in [-0.15, -0.1) is 0 Å². The quantitative estimate of drug-likeness (QED) is 0.860. The van der Waals surface area contributed by atoms with Gasteiger partial charge in [0.1, 0.15) is 5.82 Å². The third kappa shape index (κ3) is 2.66. The molecule has 17 heavy (non-hydrogen) atoms. The molecule has 2 rings (SSSR count). The van der Waals surface area contributed by atoms with Crippen molar-refractivity contribution in [1.82, 2.24) is 10.2 Å². The van der Waals surface area contributed by atoms with Gasteiger partial charge in [0.25, 0.3) is 5.91 Å². The van der Waals surface area contributed by atoms with E-state index in [1.807, 2.05) is 0 Å². The van der Waals surface area contributed by atoms with Gasteiger partial charge in [-0.1, -0.05) is 15.9 Å². The Morgan fingerprint density at radius 3 is 2.65 bits per heavy atom. The first-order valence-electron chi connectivity index (χ1n) is 5.55. The zero-order chi connectivity index (χ0) is 12.4. The third-order valence-electron chi connectivity index (χ3n) is 2.93. The molecule has 1 heterocycles. The molecule has 92 valence electrons. The van der Waals surface area contributed by atoms with Crippen LogP contribution in [0, 0.1) is 12.7 Å². The minimum absolute atomic E-state index is 0.105. The molecule has 0 unspecified atom stereocenters. The van der Waals surface area contributed by atoms with Gasteiger partial charge in [-0.25, -0.2) is 4.39 Å². The molecule has 1 aromatic carbocycles. The van der Waals surface area contributed by atoms with Crippen LogP contribution in [0.3, 0.4) is 0 Å². The molecule has 1 aliphatic heterocycles. The molecule has 1 aromatic rings. The summed E-state index contributed by atoms with van der Waals surface area (Å²) >= 11 is 3.27. The van der Waals surface area contributed by atoms with E-state index in [1.54, 1.807) is 17.9 Å². The Bertz CT molecular complexity index is 421. The predicted octanol–water partition coefficient (Wildman–Crippen LogP) is 1.94. The van der Waals surface area contributed by atoms with E-state index >= 15 is 0 Å². The van der Waals surface area contributed by atoms with Crippen molar-refractivity contribution in [3.05, 3.63) is 33.5 Å². The molecule has 5 heteroatoms. The largest absolute Gasteiger partial charge is 0.336 e. The predicted molar refractivity (Wildman–Crippen MR) is 67.6 cm³/mol. The summed E-state index contributed by atoms with van der Waals surface area (Å²) in [7, 11) is 0. The highest BCUT2D eigenvalue weighted by Crippen LogP contribution is 2.22. The summed E-state index contributed by atoms with van der Waals surface area (Å²) in [6.45, 7) is 4.61. The molecular weight excluding hydrogens is 287 g/mol. The minimum Gasteiger partial charge on any atom is -0.336 e. The van der Waals surface area contributed by atoms with Gasteiger partial charge >= 0.3 is 0 Å². The van der Waals surface area contributed by atoms with Crippen molar-refractivity contribution in [1.29, 1.82) is 0 Å². The van der Waals surface area contributed by atoms with Crippen LogP contribution in [0.25, 0.3) is 0 Å². The second-order valence-corrected chi connectivity index (χ2v) is 4.96. The van der Waals surface area contributed by atoms with Gasteiger partial charge in [0.05, 0.1) is 0 Å². The summed E-state index contributed by atoms with van der Waals surface area (Å²) in [6.07, 6.45) is 0. The number of halogens is 2. The summed E-state index contributed by atoms with van der Waals surface area (Å²) in [5.41, 5.74) is 0.934. The van der Waals surface area contributed by atoms with Crippen molar-refractivity contribution >= 4 is 21.8 Å². The summed E-state index contributed by atoms with van der Waals surface area (Å²) in [5.74, 6) is -0.455. The van der Waals surface area contributed by atoms with E-state index in [0.29, 0.717) is 28.7 Å². The second kappa shape index (κ2) is 5.14. The summed E-state index contributed by atoms with van der Waals surface area (Å²) in [6, 6.07) is 2.99. The Hall–Kier alpha value is -0.940. The molecule has 0 spiro atoms. The number of amides is 1. The van der Waals surface area contributed by atoms with Gasteiger partial charge in [-0.2, -0.15) is 0 Å². The van der Waals surface area contributed by atoms with Gasteiger partial charge in [-0.05, 0) is 24.6 Å². The summed E-state index contributed by atoms with van der Waals surface area (Å²) in [5, 5.41) is 3.18. The van der Waals surface area contributed by atoms with Crippen LogP contribution < -0.4 is 5.32 Å². The Balaban J connectivity index is 2.24. The van der Waals surface area contributed by atoms with Crippen molar-refractivity contribution in [2.75, 3.05) is 26.2 Å². The van der Waals surface area contributed by atoms with Crippen molar-refractivity contribution < 1.29 is 9.18 Å². The molecular formula is C12H14BrFN2O. The Labute approximate surface area is 108 Å². The standard InChI is InChI=1S/C12H14BrFN2O/c1-8-10(13)6-9(7-11(8)14)12(17)16-4-2-15-3-5-16/h6-7,15H,2-5H2,1H3. The fourth-order valence-corrected chi connectivity index (χ4v) is 2.26. The van der Waals surface area contributed by atoms with Crippen LogP contribution >= 0.6 is 15.9 Å². The number of carbonyl (C=O) groups excluding carboxylic acids is 1. The first-order valence-corrected chi connectivity index (χ1v) is 6.34. The van der Waals surface area contributed by atoms with E-state index in [1.165, 1.54) is 6.07 Å². The number of nitrogens with one attached hydrogen (secondary N) is 1. The van der Waals surface area contributed by atoms with E-state index in [2.05, 4.69) is 21.2 Å². The average molecular weight is 301 g/mol. The van der Waals surface area contributed by atoms with Crippen molar-refractivity contribution in [3.63, 3.8) is 0 Å². The van der Waals surface area contributed by atoms with E-state index in [-0.39, 0.29) is 11.7 Å². The highest BCUT2D eigenvalue weighted by atomic mass is 79.9. The van der Waals surface area contributed by atoms with Crippen LogP contribution in [0.5, 0.6) is 0 Å². The maximum Gasteiger partial charge on any atom is 0.254 e. The van der Waals surface area contributed by atoms with Crippen LogP contribution in [0.2, 0.25) is 0 Å². The van der Waals surface area contributed by atoms with Crippen LogP contribution in [0.15, 0.2) is 16.6 Å². The number of hydrogen-bond donors (Lipinski definition) is 1. The third-order valence-corrected chi connectivity index (χ3v) is 3.76. The lowest BCUT2D eigenvalue weighted by Gasteiger charge is -2.27. The lowest BCUT2D eigenvalue weighted by molar-refractivity contribution is 0.0735. The molecule has 3 nitrogen and oxygen atoms in total. The van der Waals surface area contributed by atoms with Crippen molar-refractivity contribution in [2.45, 2.75) is 6.92 Å². The summed E-state index contributed by atoms with van der Waals surface area (Å²) < 4.78 is 14.2. The van der Waals surface area contributed by atoms with Crippen LogP contribution in [-0.4, -0.2) is 37.0 Å².